The molecule has 5 nitrogen and oxygen atoms in total. The lowest BCUT2D eigenvalue weighted by atomic mass is 10.1. The van der Waals surface area contributed by atoms with Crippen LogP contribution in [0.15, 0.2) is 48.5 Å². The van der Waals surface area contributed by atoms with Crippen LogP contribution in [-0.4, -0.2) is 33.2 Å². The van der Waals surface area contributed by atoms with Crippen molar-refractivity contribution >= 4 is 33.2 Å². The monoisotopic (exact) mass is 408 g/mol. The molecule has 7 heteroatoms. The molecule has 0 saturated heterocycles. The van der Waals surface area contributed by atoms with Gasteiger partial charge >= 0.3 is 0 Å². The lowest BCUT2D eigenvalue weighted by Crippen LogP contribution is -2.48. The predicted molar refractivity (Wildman–Crippen MR) is 111 cm³/mol. The second kappa shape index (κ2) is 9.24. The van der Waals surface area contributed by atoms with E-state index in [1.54, 1.807) is 32.0 Å². The van der Waals surface area contributed by atoms with Crippen LogP contribution in [0.3, 0.4) is 0 Å². The zero-order valence-corrected chi connectivity index (χ0v) is 17.3. The summed E-state index contributed by atoms with van der Waals surface area (Å²) in [5.74, 6) is -0.340. The first kappa shape index (κ1) is 21.3. The van der Waals surface area contributed by atoms with Gasteiger partial charge in [0.05, 0.1) is 11.9 Å². The van der Waals surface area contributed by atoms with Crippen LogP contribution in [0.1, 0.15) is 24.5 Å². The van der Waals surface area contributed by atoms with E-state index in [-0.39, 0.29) is 5.91 Å². The van der Waals surface area contributed by atoms with Crippen LogP contribution in [0.2, 0.25) is 5.02 Å². The maximum Gasteiger partial charge on any atom is 0.243 e. The van der Waals surface area contributed by atoms with Crippen molar-refractivity contribution < 1.29 is 13.2 Å². The summed E-state index contributed by atoms with van der Waals surface area (Å²) in [5, 5.41) is 3.25. The van der Waals surface area contributed by atoms with Crippen LogP contribution < -0.4 is 9.62 Å². The van der Waals surface area contributed by atoms with Crippen molar-refractivity contribution in [2.75, 3.05) is 17.1 Å². The summed E-state index contributed by atoms with van der Waals surface area (Å²) in [6, 6.07) is 14.1. The lowest BCUT2D eigenvalue weighted by molar-refractivity contribution is -0.121. The van der Waals surface area contributed by atoms with E-state index in [4.69, 9.17) is 11.6 Å². The minimum Gasteiger partial charge on any atom is -0.354 e. The zero-order valence-electron chi connectivity index (χ0n) is 15.8. The fourth-order valence-corrected chi connectivity index (χ4v) is 4.29. The van der Waals surface area contributed by atoms with E-state index >= 15 is 0 Å². The first-order valence-electron chi connectivity index (χ1n) is 8.77. The summed E-state index contributed by atoms with van der Waals surface area (Å²) >= 11 is 6.03. The summed E-state index contributed by atoms with van der Waals surface area (Å²) in [5.41, 5.74) is 2.35. The van der Waals surface area contributed by atoms with E-state index in [0.717, 1.165) is 29.0 Å². The second-order valence-electron chi connectivity index (χ2n) is 6.55. The summed E-state index contributed by atoms with van der Waals surface area (Å²) in [6.07, 6.45) is 2.71. The maximum absolute atomic E-state index is 12.6. The van der Waals surface area contributed by atoms with E-state index < -0.39 is 16.1 Å². The molecule has 0 aliphatic carbocycles. The molecule has 0 bridgehead atoms. The molecule has 0 aliphatic rings. The molecule has 0 radical (unpaired) electrons. The molecule has 1 amide bonds. The summed E-state index contributed by atoms with van der Waals surface area (Å²) in [6.45, 7) is 3.84. The molecular weight excluding hydrogens is 384 g/mol. The fourth-order valence-electron chi connectivity index (χ4n) is 2.90. The number of nitrogens with zero attached hydrogens (tertiary/aromatic N) is 1. The van der Waals surface area contributed by atoms with Crippen molar-refractivity contribution in [2.24, 2.45) is 0 Å². The van der Waals surface area contributed by atoms with Crippen LogP contribution in [0.5, 0.6) is 0 Å². The summed E-state index contributed by atoms with van der Waals surface area (Å²) < 4.78 is 25.8. The van der Waals surface area contributed by atoms with Crippen LogP contribution >= 0.6 is 11.6 Å². The molecule has 0 aromatic heterocycles. The van der Waals surface area contributed by atoms with Crippen molar-refractivity contribution in [3.8, 4) is 0 Å². The molecule has 0 spiro atoms. The molecule has 1 unspecified atom stereocenters. The van der Waals surface area contributed by atoms with Crippen LogP contribution in [0, 0.1) is 6.92 Å². The van der Waals surface area contributed by atoms with Crippen molar-refractivity contribution in [3.63, 3.8) is 0 Å². The van der Waals surface area contributed by atoms with Gasteiger partial charge in [-0.3, -0.25) is 9.10 Å². The molecule has 2 aromatic carbocycles. The Kier molecular flexibility index (Phi) is 7.27. The van der Waals surface area contributed by atoms with E-state index in [9.17, 15) is 13.2 Å². The number of amides is 1. The maximum atomic E-state index is 12.6. The minimum absolute atomic E-state index is 0.340. The highest BCUT2D eigenvalue weighted by Crippen LogP contribution is 2.28. The molecular formula is C20H25ClN2O3S. The van der Waals surface area contributed by atoms with E-state index in [1.807, 2.05) is 30.3 Å². The average Bonchev–Trinajstić information content (AvgIpc) is 2.61. The Morgan fingerprint density at radius 2 is 1.85 bits per heavy atom. The van der Waals surface area contributed by atoms with Crippen LogP contribution in [0.25, 0.3) is 0 Å². The second-order valence-corrected chi connectivity index (χ2v) is 8.84. The van der Waals surface area contributed by atoms with Crippen molar-refractivity contribution in [1.29, 1.82) is 0 Å². The van der Waals surface area contributed by atoms with Crippen molar-refractivity contribution in [2.45, 2.75) is 32.7 Å². The third kappa shape index (κ3) is 5.97. The third-order valence-corrected chi connectivity index (χ3v) is 5.74. The third-order valence-electron chi connectivity index (χ3n) is 4.28. The van der Waals surface area contributed by atoms with E-state index in [1.165, 1.54) is 5.56 Å². The molecule has 0 saturated carbocycles. The molecule has 0 aliphatic heterocycles. The number of hydrogen-bond donors (Lipinski definition) is 1. The Balaban J connectivity index is 2.05. The normalized spacial score (nSPS) is 12.4. The predicted octanol–water partition coefficient (Wildman–Crippen LogP) is 3.55. The van der Waals surface area contributed by atoms with E-state index in [2.05, 4.69) is 5.32 Å². The van der Waals surface area contributed by atoms with E-state index in [0.29, 0.717) is 17.3 Å². The number of halogens is 1. The Morgan fingerprint density at radius 3 is 2.48 bits per heavy atom. The zero-order chi connectivity index (χ0) is 20.0. The number of anilines is 1. The first-order chi connectivity index (χ1) is 12.7. The van der Waals surface area contributed by atoms with Gasteiger partial charge in [-0.25, -0.2) is 8.42 Å². The van der Waals surface area contributed by atoms with Gasteiger partial charge in [0.1, 0.15) is 6.04 Å². The number of sulfonamides is 1. The van der Waals surface area contributed by atoms with Gasteiger partial charge in [0.2, 0.25) is 15.9 Å². The van der Waals surface area contributed by atoms with Gasteiger partial charge in [0, 0.05) is 11.6 Å². The van der Waals surface area contributed by atoms with Gasteiger partial charge in [0.15, 0.2) is 0 Å². The number of rotatable bonds is 8. The highest BCUT2D eigenvalue weighted by atomic mass is 35.5. The smallest absolute Gasteiger partial charge is 0.243 e. The van der Waals surface area contributed by atoms with Gasteiger partial charge in [0.25, 0.3) is 0 Å². The average molecular weight is 409 g/mol. The highest BCUT2D eigenvalue weighted by molar-refractivity contribution is 7.92. The molecule has 0 heterocycles. The van der Waals surface area contributed by atoms with Crippen LogP contribution in [0.4, 0.5) is 5.69 Å². The largest absolute Gasteiger partial charge is 0.354 e. The number of aryl methyl sites for hydroxylation is 2. The Labute approximate surface area is 166 Å². The SMILES string of the molecule is Cc1ccc(Cl)cc1N(C(C)C(=O)NCCCc1ccccc1)S(C)(=O)=O. The Bertz CT molecular complexity index is 885. The Morgan fingerprint density at radius 1 is 1.19 bits per heavy atom. The van der Waals surface area contributed by atoms with Crippen molar-refractivity contribution in [1.82, 2.24) is 5.32 Å². The fraction of sp³-hybridized carbons (Fsp3) is 0.350. The lowest BCUT2D eigenvalue weighted by Gasteiger charge is -2.29. The van der Waals surface area contributed by atoms with Gasteiger partial charge in [-0.05, 0) is 49.9 Å². The molecule has 0 fully saturated rings. The highest BCUT2D eigenvalue weighted by Gasteiger charge is 2.30. The van der Waals surface area contributed by atoms with Gasteiger partial charge < -0.3 is 5.32 Å². The quantitative estimate of drug-likeness (QED) is 0.679. The standard InChI is InChI=1S/C20H25ClN2O3S/c1-15-11-12-18(21)14-19(15)23(27(3,25)26)16(2)20(24)22-13-7-10-17-8-5-4-6-9-17/h4-6,8-9,11-12,14,16H,7,10,13H2,1-3H3,(H,22,24). The molecule has 146 valence electrons. The number of carbonyl (C=O) groups is 1. The summed E-state index contributed by atoms with van der Waals surface area (Å²) in [4.78, 5) is 12.6. The van der Waals surface area contributed by atoms with Gasteiger partial charge in [-0.1, -0.05) is 48.0 Å². The van der Waals surface area contributed by atoms with Gasteiger partial charge in [-0.15, -0.1) is 0 Å². The Hall–Kier alpha value is -2.05. The number of hydrogen-bond acceptors (Lipinski definition) is 3. The minimum atomic E-state index is -3.66. The molecule has 1 N–H and O–H groups in total. The molecule has 2 rings (SSSR count). The molecule has 2 aromatic rings. The summed E-state index contributed by atoms with van der Waals surface area (Å²) in [7, 11) is -3.66. The van der Waals surface area contributed by atoms with Crippen LogP contribution in [-0.2, 0) is 21.2 Å². The number of carbonyl (C=O) groups excluding carboxylic acids is 1. The first-order valence-corrected chi connectivity index (χ1v) is 11.0. The number of nitrogens with one attached hydrogen (secondary N) is 1. The molecule has 1 atom stereocenters. The van der Waals surface area contributed by atoms with Crippen molar-refractivity contribution in [3.05, 3.63) is 64.7 Å². The topological polar surface area (TPSA) is 66.5 Å². The molecule has 27 heavy (non-hydrogen) atoms. The van der Waals surface area contributed by atoms with Gasteiger partial charge in [-0.2, -0.15) is 0 Å². The number of benzene rings is 2.